The number of nitrogens with one attached hydrogen (secondary N) is 2. The van der Waals surface area contributed by atoms with Gasteiger partial charge in [0.2, 0.25) is 5.91 Å². The SMILES string of the molecule is COC(=O)[C@@H](NC(=O)[C@H](CCCCN=[N+]=[N-])NC(=O)OCC1c2ccccc2-c2ccccc21)C(C)C. The Morgan fingerprint density at radius 1 is 1.00 bits per heavy atom. The maximum Gasteiger partial charge on any atom is 0.407 e. The Morgan fingerprint density at radius 2 is 1.62 bits per heavy atom. The Morgan fingerprint density at radius 3 is 2.19 bits per heavy atom. The van der Waals surface area contributed by atoms with Crippen LogP contribution < -0.4 is 10.6 Å². The van der Waals surface area contributed by atoms with E-state index in [4.69, 9.17) is 15.0 Å². The van der Waals surface area contributed by atoms with Crippen molar-refractivity contribution in [1.29, 1.82) is 0 Å². The molecule has 0 bridgehead atoms. The largest absolute Gasteiger partial charge is 0.467 e. The van der Waals surface area contributed by atoms with Gasteiger partial charge in [-0.25, -0.2) is 9.59 Å². The number of hydrogen-bond donors (Lipinski definition) is 2. The van der Waals surface area contributed by atoms with E-state index in [2.05, 4.69) is 32.8 Å². The first kappa shape index (κ1) is 27.5. The van der Waals surface area contributed by atoms with E-state index in [9.17, 15) is 14.4 Å². The standard InChI is InChI=1S/C27H33N5O5/c1-17(2)24(26(34)36-3)31-25(33)23(14-8-9-15-29-32-28)30-27(35)37-16-22-20-12-6-4-10-18(20)19-11-5-7-13-21(19)22/h4-7,10-13,17,22-24H,8-9,14-16H2,1-3H3,(H,30,35)(H,31,33)/t23-,24-/m0/s1. The van der Waals surface area contributed by atoms with Gasteiger partial charge in [0.25, 0.3) is 0 Å². The Balaban J connectivity index is 1.67. The lowest BCUT2D eigenvalue weighted by Gasteiger charge is -2.24. The summed E-state index contributed by atoms with van der Waals surface area (Å²) in [5.41, 5.74) is 12.9. The molecule has 1 aliphatic carbocycles. The summed E-state index contributed by atoms with van der Waals surface area (Å²) in [6, 6.07) is 14.3. The molecule has 0 radical (unpaired) electrons. The highest BCUT2D eigenvalue weighted by atomic mass is 16.5. The van der Waals surface area contributed by atoms with Crippen LogP contribution in [-0.4, -0.2) is 50.3 Å². The topological polar surface area (TPSA) is 142 Å². The molecule has 1 aliphatic rings. The average molecular weight is 508 g/mol. The predicted octanol–water partition coefficient (Wildman–Crippen LogP) is 4.69. The zero-order valence-corrected chi connectivity index (χ0v) is 21.3. The van der Waals surface area contributed by atoms with Gasteiger partial charge in [0, 0.05) is 17.4 Å². The molecule has 37 heavy (non-hydrogen) atoms. The highest BCUT2D eigenvalue weighted by Gasteiger charge is 2.31. The van der Waals surface area contributed by atoms with Gasteiger partial charge in [-0.15, -0.1) is 0 Å². The van der Waals surface area contributed by atoms with Crippen LogP contribution in [0.2, 0.25) is 0 Å². The monoisotopic (exact) mass is 507 g/mol. The first-order valence-corrected chi connectivity index (χ1v) is 12.4. The third kappa shape index (κ3) is 7.01. The third-order valence-electron chi connectivity index (χ3n) is 6.44. The minimum Gasteiger partial charge on any atom is -0.467 e. The van der Waals surface area contributed by atoms with Gasteiger partial charge in [-0.1, -0.05) is 73.9 Å². The molecule has 10 heteroatoms. The number of fused-ring (bicyclic) bond motifs is 3. The van der Waals surface area contributed by atoms with Crippen LogP contribution in [0.15, 0.2) is 53.6 Å². The van der Waals surface area contributed by atoms with Crippen molar-refractivity contribution in [3.63, 3.8) is 0 Å². The zero-order valence-electron chi connectivity index (χ0n) is 21.3. The van der Waals surface area contributed by atoms with E-state index in [1.807, 2.05) is 36.4 Å². The first-order valence-electron chi connectivity index (χ1n) is 12.4. The molecule has 0 spiro atoms. The van der Waals surface area contributed by atoms with E-state index < -0.39 is 30.1 Å². The van der Waals surface area contributed by atoms with Crippen molar-refractivity contribution in [3.8, 4) is 11.1 Å². The maximum atomic E-state index is 13.1. The fourth-order valence-corrected chi connectivity index (χ4v) is 4.51. The molecule has 196 valence electrons. The van der Waals surface area contributed by atoms with Crippen LogP contribution in [0.5, 0.6) is 0 Å². The number of amides is 2. The lowest BCUT2D eigenvalue weighted by atomic mass is 9.98. The van der Waals surface area contributed by atoms with E-state index >= 15 is 0 Å². The molecule has 2 amide bonds. The maximum absolute atomic E-state index is 13.1. The van der Waals surface area contributed by atoms with E-state index in [-0.39, 0.29) is 31.4 Å². The summed E-state index contributed by atoms with van der Waals surface area (Å²) in [4.78, 5) is 40.7. The smallest absolute Gasteiger partial charge is 0.407 e. The number of azide groups is 1. The van der Waals surface area contributed by atoms with Gasteiger partial charge in [-0.3, -0.25) is 4.79 Å². The predicted molar refractivity (Wildman–Crippen MR) is 139 cm³/mol. The van der Waals surface area contributed by atoms with Crippen molar-refractivity contribution in [1.82, 2.24) is 10.6 Å². The van der Waals surface area contributed by atoms with Crippen LogP contribution in [0.3, 0.4) is 0 Å². The van der Waals surface area contributed by atoms with Gasteiger partial charge >= 0.3 is 12.1 Å². The molecule has 10 nitrogen and oxygen atoms in total. The summed E-state index contributed by atoms with van der Waals surface area (Å²) < 4.78 is 10.4. The van der Waals surface area contributed by atoms with Gasteiger partial charge in [-0.2, -0.15) is 0 Å². The first-order chi connectivity index (χ1) is 17.9. The molecular weight excluding hydrogens is 474 g/mol. The number of benzene rings is 2. The summed E-state index contributed by atoms with van der Waals surface area (Å²) in [5.74, 6) is -1.40. The van der Waals surface area contributed by atoms with Gasteiger partial charge < -0.3 is 20.1 Å². The fourth-order valence-electron chi connectivity index (χ4n) is 4.51. The van der Waals surface area contributed by atoms with Crippen LogP contribution in [0.25, 0.3) is 21.6 Å². The van der Waals surface area contributed by atoms with E-state index in [0.29, 0.717) is 12.8 Å². The average Bonchev–Trinajstić information content (AvgIpc) is 3.22. The van der Waals surface area contributed by atoms with Gasteiger partial charge in [-0.05, 0) is 46.5 Å². The molecule has 0 saturated carbocycles. The molecular formula is C27H33N5O5. The molecule has 0 unspecified atom stereocenters. The highest BCUT2D eigenvalue weighted by Crippen LogP contribution is 2.44. The number of ether oxygens (including phenoxy) is 2. The second-order valence-corrected chi connectivity index (χ2v) is 9.23. The fraction of sp³-hybridized carbons (Fsp3) is 0.444. The number of alkyl carbamates (subject to hydrolysis) is 1. The molecule has 2 aromatic rings. The van der Waals surface area contributed by atoms with Crippen molar-refractivity contribution in [2.24, 2.45) is 11.0 Å². The molecule has 0 aromatic heterocycles. The van der Waals surface area contributed by atoms with Gasteiger partial charge in [0.15, 0.2) is 0 Å². The number of methoxy groups -OCH3 is 1. The molecule has 0 saturated heterocycles. The quantitative estimate of drug-likeness (QED) is 0.141. The minimum atomic E-state index is -0.937. The summed E-state index contributed by atoms with van der Waals surface area (Å²) in [7, 11) is 1.26. The third-order valence-corrected chi connectivity index (χ3v) is 6.44. The van der Waals surface area contributed by atoms with E-state index in [0.717, 1.165) is 22.3 Å². The van der Waals surface area contributed by atoms with Crippen molar-refractivity contribution < 1.29 is 23.9 Å². The van der Waals surface area contributed by atoms with E-state index in [1.165, 1.54) is 7.11 Å². The lowest BCUT2D eigenvalue weighted by molar-refractivity contribution is -0.146. The van der Waals surface area contributed by atoms with Gasteiger partial charge in [0.1, 0.15) is 18.7 Å². The van der Waals surface area contributed by atoms with Crippen molar-refractivity contribution in [2.45, 2.75) is 51.1 Å². The van der Waals surface area contributed by atoms with E-state index in [1.54, 1.807) is 13.8 Å². The molecule has 0 fully saturated rings. The summed E-state index contributed by atoms with van der Waals surface area (Å²) in [6.07, 6.45) is 0.621. The van der Waals surface area contributed by atoms with Crippen molar-refractivity contribution in [3.05, 3.63) is 70.1 Å². The highest BCUT2D eigenvalue weighted by molar-refractivity contribution is 5.89. The number of carbonyl (C=O) groups excluding carboxylic acids is 3. The number of rotatable bonds is 12. The van der Waals surface area contributed by atoms with Crippen LogP contribution in [-0.2, 0) is 19.1 Å². The normalized spacial score (nSPS) is 13.5. The number of nitrogens with zero attached hydrogens (tertiary/aromatic N) is 3. The Hall–Kier alpha value is -4.04. The molecule has 2 atom stereocenters. The number of carbonyl (C=O) groups is 3. The van der Waals surface area contributed by atoms with Gasteiger partial charge in [0.05, 0.1) is 7.11 Å². The lowest BCUT2D eigenvalue weighted by Crippen LogP contribution is -2.53. The van der Waals surface area contributed by atoms with Crippen LogP contribution in [0, 0.1) is 5.92 Å². The Kier molecular flexibility index (Phi) is 9.92. The van der Waals surface area contributed by atoms with Crippen LogP contribution in [0.1, 0.15) is 50.2 Å². The van der Waals surface area contributed by atoms with Crippen LogP contribution in [0.4, 0.5) is 4.79 Å². The zero-order chi connectivity index (χ0) is 26.8. The molecule has 2 aromatic carbocycles. The van der Waals surface area contributed by atoms with Crippen molar-refractivity contribution in [2.75, 3.05) is 20.3 Å². The summed E-state index contributed by atoms with van der Waals surface area (Å²) >= 11 is 0. The number of unbranched alkanes of at least 4 members (excludes halogenated alkanes) is 1. The minimum absolute atomic E-state index is 0.112. The molecule has 2 N–H and O–H groups in total. The number of hydrogen-bond acceptors (Lipinski definition) is 6. The van der Waals surface area contributed by atoms with Crippen molar-refractivity contribution >= 4 is 18.0 Å². The Bertz CT molecular complexity index is 1120. The second-order valence-electron chi connectivity index (χ2n) is 9.23. The molecule has 0 heterocycles. The summed E-state index contributed by atoms with van der Waals surface area (Å²) in [6.45, 7) is 3.97. The summed E-state index contributed by atoms with van der Waals surface area (Å²) in [5, 5.41) is 8.83. The Labute approximate surface area is 216 Å². The molecule has 0 aliphatic heterocycles. The van der Waals surface area contributed by atoms with Crippen LogP contribution >= 0.6 is 0 Å². The second kappa shape index (κ2) is 13.3. The number of esters is 1. The molecule has 3 rings (SSSR count).